The van der Waals surface area contributed by atoms with Gasteiger partial charge < -0.3 is 5.32 Å². The predicted octanol–water partition coefficient (Wildman–Crippen LogP) is 4.86. The lowest BCUT2D eigenvalue weighted by Crippen LogP contribution is -2.23. The normalized spacial score (nSPS) is 11.0. The Labute approximate surface area is 199 Å². The molecule has 0 atom stereocenters. The Kier molecular flexibility index (Phi) is 7.00. The summed E-state index contributed by atoms with van der Waals surface area (Å²) in [5.41, 5.74) is 3.19. The van der Waals surface area contributed by atoms with Crippen molar-refractivity contribution in [1.29, 1.82) is 0 Å². The molecule has 7 nitrogen and oxygen atoms in total. The van der Waals surface area contributed by atoms with Crippen LogP contribution in [0.5, 0.6) is 0 Å². The monoisotopic (exact) mass is 478 g/mol. The predicted molar refractivity (Wildman–Crippen MR) is 133 cm³/mol. The minimum Gasteiger partial charge on any atom is -0.325 e. The van der Waals surface area contributed by atoms with Gasteiger partial charge in [-0.2, -0.15) is 4.37 Å². The highest BCUT2D eigenvalue weighted by atomic mass is 32.2. The molecule has 0 bridgehead atoms. The van der Waals surface area contributed by atoms with E-state index in [2.05, 4.69) is 9.69 Å². The van der Waals surface area contributed by atoms with Crippen molar-refractivity contribution in [2.75, 3.05) is 11.1 Å². The van der Waals surface area contributed by atoms with Crippen LogP contribution in [-0.2, 0) is 11.3 Å². The van der Waals surface area contributed by atoms with Gasteiger partial charge in [-0.15, -0.1) is 0 Å². The van der Waals surface area contributed by atoms with Gasteiger partial charge in [-0.3, -0.25) is 19.0 Å². The van der Waals surface area contributed by atoms with Crippen molar-refractivity contribution in [3.05, 3.63) is 70.5 Å². The third kappa shape index (κ3) is 5.04. The molecule has 33 heavy (non-hydrogen) atoms. The van der Waals surface area contributed by atoms with Crippen molar-refractivity contribution in [3.63, 3.8) is 0 Å². The quantitative estimate of drug-likeness (QED) is 0.221. The second kappa shape index (κ2) is 10.1. The van der Waals surface area contributed by atoms with E-state index < -0.39 is 0 Å². The topological polar surface area (TPSA) is 93.9 Å². The number of hydrogen-bond donors (Lipinski definition) is 1. The molecule has 2 aromatic heterocycles. The number of nitrogens with one attached hydrogen (secondary N) is 1. The average molecular weight is 479 g/mol. The molecule has 1 N–H and O–H groups in total. The molecule has 4 aromatic rings. The number of benzene rings is 2. The highest BCUT2D eigenvalue weighted by Gasteiger charge is 2.19. The number of hydrogen-bond acceptors (Lipinski definition) is 7. The minimum atomic E-state index is -0.223. The Bertz CT molecular complexity index is 1360. The third-order valence-corrected chi connectivity index (χ3v) is 6.75. The molecule has 1 amide bonds. The van der Waals surface area contributed by atoms with Crippen LogP contribution in [0.1, 0.15) is 30.6 Å². The molecular weight excluding hydrogens is 456 g/mol. The SMILES string of the molecule is CCCn1c(SCC(=O)Nc2ccc(C(C)=O)cc2)nc2c(-c3ccccc3)nsc2c1=O. The van der Waals surface area contributed by atoms with Gasteiger partial charge in [0.1, 0.15) is 15.9 Å². The lowest BCUT2D eigenvalue weighted by atomic mass is 10.1. The fourth-order valence-corrected chi connectivity index (χ4v) is 4.94. The fourth-order valence-electron chi connectivity index (χ4n) is 3.33. The van der Waals surface area contributed by atoms with Crippen LogP contribution in [0.3, 0.4) is 0 Å². The molecule has 0 aliphatic heterocycles. The van der Waals surface area contributed by atoms with Gasteiger partial charge in [-0.05, 0) is 49.1 Å². The van der Waals surface area contributed by atoms with Crippen molar-refractivity contribution in [1.82, 2.24) is 13.9 Å². The van der Waals surface area contributed by atoms with Crippen molar-refractivity contribution < 1.29 is 9.59 Å². The van der Waals surface area contributed by atoms with E-state index in [-0.39, 0.29) is 23.0 Å². The van der Waals surface area contributed by atoms with Crippen molar-refractivity contribution in [2.45, 2.75) is 32.0 Å². The smallest absolute Gasteiger partial charge is 0.273 e. The molecule has 2 heterocycles. The zero-order valence-electron chi connectivity index (χ0n) is 18.2. The van der Waals surface area contributed by atoms with Gasteiger partial charge in [0.2, 0.25) is 5.91 Å². The molecule has 0 radical (unpaired) electrons. The first kappa shape index (κ1) is 22.9. The third-order valence-electron chi connectivity index (χ3n) is 4.95. The first-order chi connectivity index (χ1) is 16.0. The number of anilines is 1. The molecule has 0 saturated heterocycles. The summed E-state index contributed by atoms with van der Waals surface area (Å²) in [4.78, 5) is 41.9. The maximum absolute atomic E-state index is 13.2. The van der Waals surface area contributed by atoms with Crippen LogP contribution in [0.2, 0.25) is 0 Å². The summed E-state index contributed by atoms with van der Waals surface area (Å²) in [6.45, 7) is 4.00. The van der Waals surface area contributed by atoms with E-state index in [1.807, 2.05) is 37.3 Å². The number of aromatic nitrogens is 3. The first-order valence-electron chi connectivity index (χ1n) is 10.5. The Morgan fingerprint density at radius 3 is 2.48 bits per heavy atom. The minimum absolute atomic E-state index is 0.0309. The molecule has 4 rings (SSSR count). The number of amides is 1. The largest absolute Gasteiger partial charge is 0.325 e. The summed E-state index contributed by atoms with van der Waals surface area (Å²) < 4.78 is 6.63. The Hall–Kier alpha value is -3.30. The molecule has 0 spiro atoms. The van der Waals surface area contributed by atoms with E-state index in [1.165, 1.54) is 18.7 Å². The van der Waals surface area contributed by atoms with Crippen LogP contribution < -0.4 is 10.9 Å². The summed E-state index contributed by atoms with van der Waals surface area (Å²) in [6, 6.07) is 16.4. The van der Waals surface area contributed by atoms with E-state index in [9.17, 15) is 14.4 Å². The average Bonchev–Trinajstić information content (AvgIpc) is 3.25. The van der Waals surface area contributed by atoms with E-state index >= 15 is 0 Å². The number of rotatable bonds is 8. The van der Waals surface area contributed by atoms with Crippen LogP contribution in [0, 0.1) is 0 Å². The lowest BCUT2D eigenvalue weighted by Gasteiger charge is -2.11. The maximum Gasteiger partial charge on any atom is 0.273 e. The van der Waals surface area contributed by atoms with Crippen molar-refractivity contribution in [2.24, 2.45) is 0 Å². The molecule has 0 aliphatic carbocycles. The summed E-state index contributed by atoms with van der Waals surface area (Å²) >= 11 is 2.38. The lowest BCUT2D eigenvalue weighted by molar-refractivity contribution is -0.113. The number of nitrogens with zero attached hydrogens (tertiary/aromatic N) is 3. The van der Waals surface area contributed by atoms with Gasteiger partial charge in [0.15, 0.2) is 10.9 Å². The van der Waals surface area contributed by atoms with Gasteiger partial charge >= 0.3 is 0 Å². The Morgan fingerprint density at radius 1 is 1.09 bits per heavy atom. The first-order valence-corrected chi connectivity index (χ1v) is 12.2. The van der Waals surface area contributed by atoms with Gasteiger partial charge in [0.25, 0.3) is 5.56 Å². The van der Waals surface area contributed by atoms with E-state index in [1.54, 1.807) is 28.8 Å². The second-order valence-corrected chi connectivity index (χ2v) is 9.11. The van der Waals surface area contributed by atoms with Gasteiger partial charge in [-0.25, -0.2) is 4.98 Å². The molecule has 2 aromatic carbocycles. The van der Waals surface area contributed by atoms with Crippen LogP contribution in [0.15, 0.2) is 64.5 Å². The number of ketones is 1. The molecule has 0 unspecified atom stereocenters. The highest BCUT2D eigenvalue weighted by molar-refractivity contribution is 7.99. The Balaban J connectivity index is 1.59. The molecule has 9 heteroatoms. The molecule has 0 saturated carbocycles. The zero-order valence-corrected chi connectivity index (χ0v) is 19.8. The second-order valence-electron chi connectivity index (χ2n) is 7.40. The summed E-state index contributed by atoms with van der Waals surface area (Å²) in [5.74, 6) is -0.162. The van der Waals surface area contributed by atoms with Gasteiger partial charge in [0, 0.05) is 23.4 Å². The number of thioether (sulfide) groups is 1. The molecule has 168 valence electrons. The highest BCUT2D eigenvalue weighted by Crippen LogP contribution is 2.29. The van der Waals surface area contributed by atoms with Crippen LogP contribution >= 0.6 is 23.3 Å². The van der Waals surface area contributed by atoms with Crippen LogP contribution in [0.4, 0.5) is 5.69 Å². The van der Waals surface area contributed by atoms with Crippen LogP contribution in [-0.4, -0.2) is 31.4 Å². The maximum atomic E-state index is 13.2. The summed E-state index contributed by atoms with van der Waals surface area (Å²) in [5, 5.41) is 3.31. The van der Waals surface area contributed by atoms with Crippen molar-refractivity contribution in [3.8, 4) is 11.3 Å². The van der Waals surface area contributed by atoms with Crippen molar-refractivity contribution >= 4 is 50.9 Å². The van der Waals surface area contributed by atoms with Gasteiger partial charge in [-0.1, -0.05) is 49.0 Å². The van der Waals surface area contributed by atoms with Gasteiger partial charge in [0.05, 0.1) is 5.75 Å². The number of Topliss-reactive ketones (excluding diaryl/α,β-unsaturated/α-hetero) is 1. The molecule has 0 aliphatic rings. The number of carbonyl (C=O) groups is 2. The molecular formula is C24H22N4O3S2. The zero-order chi connectivity index (χ0) is 23.4. The summed E-state index contributed by atoms with van der Waals surface area (Å²) in [7, 11) is 0. The molecule has 0 fully saturated rings. The standard InChI is InChI=1S/C24H22N4O3S2/c1-3-13-28-23(31)22-21(20(27-33-22)17-7-5-4-6-8-17)26-24(28)32-14-19(30)25-18-11-9-16(10-12-18)15(2)29/h4-12H,3,13-14H2,1-2H3,(H,25,30). The number of carbonyl (C=O) groups excluding carboxylic acids is 2. The number of fused-ring (bicyclic) bond motifs is 1. The fraction of sp³-hybridized carbons (Fsp3) is 0.208. The van der Waals surface area contributed by atoms with Crippen LogP contribution in [0.25, 0.3) is 21.5 Å². The summed E-state index contributed by atoms with van der Waals surface area (Å²) in [6.07, 6.45) is 0.764. The van der Waals surface area contributed by atoms with E-state index in [4.69, 9.17) is 4.98 Å². The Morgan fingerprint density at radius 2 is 1.82 bits per heavy atom. The van der Waals surface area contributed by atoms with E-state index in [0.717, 1.165) is 23.5 Å². The van der Waals surface area contributed by atoms with E-state index in [0.29, 0.717) is 38.9 Å².